The molecular weight excluding hydrogens is 272 g/mol. The number of rotatable bonds is 6. The Balaban J connectivity index is 2.86. The van der Waals surface area contributed by atoms with E-state index in [1.807, 2.05) is 6.92 Å². The van der Waals surface area contributed by atoms with Crippen LogP contribution >= 0.6 is 11.6 Å². The molecule has 18 heavy (non-hydrogen) atoms. The number of nitrogens with two attached hydrogens (primary N) is 1. The van der Waals surface area contributed by atoms with E-state index in [9.17, 15) is 8.42 Å². The molecule has 102 valence electrons. The summed E-state index contributed by atoms with van der Waals surface area (Å²) in [6.07, 6.45) is 2.83. The Morgan fingerprint density at radius 2 is 2.11 bits per heavy atom. The van der Waals surface area contributed by atoms with Gasteiger partial charge in [-0.1, -0.05) is 31.4 Å². The molecule has 3 N–H and O–H groups in total. The second kappa shape index (κ2) is 6.41. The predicted molar refractivity (Wildman–Crippen MR) is 75.2 cm³/mol. The molecule has 0 amide bonds. The van der Waals surface area contributed by atoms with Crippen LogP contribution in [0, 0.1) is 0 Å². The lowest BCUT2D eigenvalue weighted by atomic mass is 10.2. The van der Waals surface area contributed by atoms with E-state index in [-0.39, 0.29) is 16.0 Å². The van der Waals surface area contributed by atoms with Crippen molar-refractivity contribution in [3.63, 3.8) is 0 Å². The van der Waals surface area contributed by atoms with Gasteiger partial charge in [0, 0.05) is 11.7 Å². The van der Waals surface area contributed by atoms with Crippen LogP contribution < -0.4 is 10.5 Å². The first-order chi connectivity index (χ1) is 8.36. The van der Waals surface area contributed by atoms with Crippen molar-refractivity contribution in [3.05, 3.63) is 23.2 Å². The van der Waals surface area contributed by atoms with Gasteiger partial charge in [-0.25, -0.2) is 13.1 Å². The lowest BCUT2D eigenvalue weighted by molar-refractivity contribution is 0.534. The second-order valence-corrected chi connectivity index (χ2v) is 6.44. The van der Waals surface area contributed by atoms with E-state index in [0.29, 0.717) is 5.69 Å². The van der Waals surface area contributed by atoms with Crippen molar-refractivity contribution in [3.8, 4) is 0 Å². The number of nitrogen functional groups attached to an aromatic ring is 1. The maximum atomic E-state index is 12.1. The number of halogens is 1. The van der Waals surface area contributed by atoms with Crippen LogP contribution in [0.5, 0.6) is 0 Å². The van der Waals surface area contributed by atoms with Crippen LogP contribution in [-0.2, 0) is 10.0 Å². The molecule has 1 aromatic rings. The molecule has 1 aromatic carbocycles. The highest BCUT2D eigenvalue weighted by Gasteiger charge is 2.20. The van der Waals surface area contributed by atoms with Crippen molar-refractivity contribution in [1.82, 2.24) is 4.72 Å². The van der Waals surface area contributed by atoms with Crippen LogP contribution in [0.3, 0.4) is 0 Å². The standard InChI is InChI=1S/C12H19ClN2O2S/c1-3-4-5-9(2)15-18(16,17)12-7-6-10(14)8-11(12)13/h6-9,15H,3-5,14H2,1-2H3. The van der Waals surface area contributed by atoms with E-state index in [1.165, 1.54) is 18.2 Å². The van der Waals surface area contributed by atoms with Crippen molar-refractivity contribution in [2.24, 2.45) is 0 Å². The Labute approximate surface area is 114 Å². The van der Waals surface area contributed by atoms with E-state index in [2.05, 4.69) is 11.6 Å². The molecule has 0 spiro atoms. The third-order valence-corrected chi connectivity index (χ3v) is 4.66. The van der Waals surface area contributed by atoms with Gasteiger partial charge in [-0.05, 0) is 31.5 Å². The van der Waals surface area contributed by atoms with Gasteiger partial charge in [-0.2, -0.15) is 0 Å². The summed E-state index contributed by atoms with van der Waals surface area (Å²) in [5, 5.41) is 0.144. The molecule has 6 heteroatoms. The molecule has 0 aliphatic carbocycles. The highest BCUT2D eigenvalue weighted by atomic mass is 35.5. The monoisotopic (exact) mass is 290 g/mol. The zero-order chi connectivity index (χ0) is 13.8. The highest BCUT2D eigenvalue weighted by molar-refractivity contribution is 7.89. The summed E-state index contributed by atoms with van der Waals surface area (Å²) in [5.41, 5.74) is 5.98. The van der Waals surface area contributed by atoms with E-state index in [0.717, 1.165) is 19.3 Å². The van der Waals surface area contributed by atoms with Crippen molar-refractivity contribution in [1.29, 1.82) is 0 Å². The first-order valence-electron chi connectivity index (χ1n) is 5.94. The summed E-state index contributed by atoms with van der Waals surface area (Å²) in [6.45, 7) is 3.91. The van der Waals surface area contributed by atoms with E-state index in [1.54, 1.807) is 0 Å². The Hall–Kier alpha value is -0.780. The summed E-state index contributed by atoms with van der Waals surface area (Å²) in [7, 11) is -3.57. The van der Waals surface area contributed by atoms with Crippen molar-refractivity contribution >= 4 is 27.3 Å². The fourth-order valence-electron chi connectivity index (χ4n) is 1.63. The summed E-state index contributed by atoms with van der Waals surface area (Å²) >= 11 is 5.90. The fourth-order valence-corrected chi connectivity index (χ4v) is 3.46. The molecule has 0 heterocycles. The molecule has 0 bridgehead atoms. The maximum Gasteiger partial charge on any atom is 0.242 e. The van der Waals surface area contributed by atoms with Crippen LogP contribution in [0.4, 0.5) is 5.69 Å². The van der Waals surface area contributed by atoms with Crippen LogP contribution in [-0.4, -0.2) is 14.5 Å². The second-order valence-electron chi connectivity index (χ2n) is 4.35. The number of hydrogen-bond acceptors (Lipinski definition) is 3. The molecule has 0 aromatic heterocycles. The average molecular weight is 291 g/mol. The Morgan fingerprint density at radius 1 is 1.44 bits per heavy atom. The molecule has 0 saturated heterocycles. The lowest BCUT2D eigenvalue weighted by Crippen LogP contribution is -2.32. The fraction of sp³-hybridized carbons (Fsp3) is 0.500. The molecule has 1 atom stereocenters. The topological polar surface area (TPSA) is 72.2 Å². The molecular formula is C12H19ClN2O2S. The van der Waals surface area contributed by atoms with Gasteiger partial charge in [0.15, 0.2) is 0 Å². The molecule has 1 unspecified atom stereocenters. The minimum Gasteiger partial charge on any atom is -0.399 e. The number of hydrogen-bond donors (Lipinski definition) is 2. The largest absolute Gasteiger partial charge is 0.399 e. The van der Waals surface area contributed by atoms with E-state index >= 15 is 0 Å². The van der Waals surface area contributed by atoms with Crippen molar-refractivity contribution < 1.29 is 8.42 Å². The third-order valence-electron chi connectivity index (χ3n) is 2.59. The van der Waals surface area contributed by atoms with Gasteiger partial charge in [0.05, 0.1) is 5.02 Å². The van der Waals surface area contributed by atoms with Crippen LogP contribution in [0.15, 0.2) is 23.1 Å². The van der Waals surface area contributed by atoms with Gasteiger partial charge < -0.3 is 5.73 Å². The van der Waals surface area contributed by atoms with E-state index in [4.69, 9.17) is 17.3 Å². The number of nitrogens with one attached hydrogen (secondary N) is 1. The summed E-state index contributed by atoms with van der Waals surface area (Å²) in [6, 6.07) is 4.28. The van der Waals surface area contributed by atoms with Gasteiger partial charge in [-0.15, -0.1) is 0 Å². The quantitative estimate of drug-likeness (QED) is 0.791. The average Bonchev–Trinajstić information content (AvgIpc) is 2.25. The molecule has 4 nitrogen and oxygen atoms in total. The van der Waals surface area contributed by atoms with Crippen LogP contribution in [0.1, 0.15) is 33.1 Å². The normalized spacial score (nSPS) is 13.5. The molecule has 1 rings (SSSR count). The zero-order valence-corrected chi connectivity index (χ0v) is 12.2. The number of unbranched alkanes of at least 4 members (excludes halogenated alkanes) is 1. The first-order valence-corrected chi connectivity index (χ1v) is 7.80. The maximum absolute atomic E-state index is 12.1. The zero-order valence-electron chi connectivity index (χ0n) is 10.6. The van der Waals surface area contributed by atoms with Gasteiger partial charge in [0.1, 0.15) is 4.90 Å². The van der Waals surface area contributed by atoms with Crippen LogP contribution in [0.25, 0.3) is 0 Å². The first kappa shape index (κ1) is 15.3. The molecule has 0 aliphatic rings. The number of anilines is 1. The van der Waals surface area contributed by atoms with Gasteiger partial charge in [0.25, 0.3) is 0 Å². The molecule has 0 radical (unpaired) electrons. The lowest BCUT2D eigenvalue weighted by Gasteiger charge is -2.14. The van der Waals surface area contributed by atoms with Gasteiger partial charge >= 0.3 is 0 Å². The Morgan fingerprint density at radius 3 is 2.67 bits per heavy atom. The third kappa shape index (κ3) is 4.15. The Kier molecular flexibility index (Phi) is 5.44. The van der Waals surface area contributed by atoms with Crippen LogP contribution in [0.2, 0.25) is 5.02 Å². The van der Waals surface area contributed by atoms with Crippen molar-refractivity contribution in [2.75, 3.05) is 5.73 Å². The predicted octanol–water partition coefficient (Wildman–Crippen LogP) is 2.78. The Bertz CT molecular complexity index is 503. The highest BCUT2D eigenvalue weighted by Crippen LogP contribution is 2.23. The minimum absolute atomic E-state index is 0.0710. The molecule has 0 aliphatic heterocycles. The summed E-state index contributed by atoms with van der Waals surface area (Å²) in [5.74, 6) is 0. The molecule has 0 saturated carbocycles. The van der Waals surface area contributed by atoms with Gasteiger partial charge in [0.2, 0.25) is 10.0 Å². The van der Waals surface area contributed by atoms with Gasteiger partial charge in [-0.3, -0.25) is 0 Å². The molecule has 0 fully saturated rings. The van der Waals surface area contributed by atoms with E-state index < -0.39 is 10.0 Å². The smallest absolute Gasteiger partial charge is 0.242 e. The summed E-state index contributed by atoms with van der Waals surface area (Å²) in [4.78, 5) is 0.0710. The summed E-state index contributed by atoms with van der Waals surface area (Å²) < 4.78 is 26.8. The number of benzene rings is 1. The number of sulfonamides is 1. The SMILES string of the molecule is CCCCC(C)NS(=O)(=O)c1ccc(N)cc1Cl. The minimum atomic E-state index is -3.57. The van der Waals surface area contributed by atoms with Crippen molar-refractivity contribution in [2.45, 2.75) is 44.0 Å².